The Bertz CT molecular complexity index is 411. The molecule has 1 aliphatic carbocycles. The molecular weight excluding hydrogens is 238 g/mol. The number of amides is 2. The van der Waals surface area contributed by atoms with Gasteiger partial charge in [0, 0.05) is 12.3 Å². The minimum Gasteiger partial charge on any atom is -0.296 e. The summed E-state index contributed by atoms with van der Waals surface area (Å²) in [6.45, 7) is 8.56. The first kappa shape index (κ1) is 14.3. The number of allylic oxidation sites excluding steroid dienone is 2. The molecule has 0 aromatic carbocycles. The molecule has 0 bridgehead atoms. The Balaban J connectivity index is 2.22. The van der Waals surface area contributed by atoms with Crippen molar-refractivity contribution >= 4 is 11.8 Å². The fraction of sp³-hybridized carbons (Fsp3) is 0.750. The number of imide groups is 1. The Morgan fingerprint density at radius 2 is 1.95 bits per heavy atom. The summed E-state index contributed by atoms with van der Waals surface area (Å²) < 4.78 is 0. The topological polar surface area (TPSA) is 46.2 Å². The van der Waals surface area contributed by atoms with Crippen LogP contribution in [0.25, 0.3) is 0 Å². The molecule has 0 aromatic heterocycles. The molecule has 2 aliphatic rings. The second-order valence-electron chi connectivity index (χ2n) is 6.74. The number of piperidine rings is 1. The molecule has 3 heteroatoms. The lowest BCUT2D eigenvalue weighted by atomic mass is 9.66. The van der Waals surface area contributed by atoms with Crippen molar-refractivity contribution in [2.75, 3.05) is 0 Å². The molecule has 0 aromatic rings. The minimum absolute atomic E-state index is 0.0131. The maximum atomic E-state index is 12.1. The van der Waals surface area contributed by atoms with Crippen LogP contribution < -0.4 is 5.32 Å². The van der Waals surface area contributed by atoms with Crippen molar-refractivity contribution in [3.8, 4) is 0 Å². The van der Waals surface area contributed by atoms with Gasteiger partial charge in [0.2, 0.25) is 11.8 Å². The third kappa shape index (κ3) is 3.07. The van der Waals surface area contributed by atoms with Crippen LogP contribution in [0.15, 0.2) is 11.6 Å². The number of carbonyl (C=O) groups excluding carboxylic acids is 2. The van der Waals surface area contributed by atoms with E-state index < -0.39 is 0 Å². The van der Waals surface area contributed by atoms with Crippen LogP contribution >= 0.6 is 0 Å². The zero-order chi connectivity index (χ0) is 14.2. The predicted octanol–water partition coefficient (Wildman–Crippen LogP) is 2.91. The Kier molecular flexibility index (Phi) is 4.12. The van der Waals surface area contributed by atoms with E-state index in [0.717, 1.165) is 12.8 Å². The maximum absolute atomic E-state index is 12.1. The lowest BCUT2D eigenvalue weighted by Gasteiger charge is -2.40. The van der Waals surface area contributed by atoms with Crippen LogP contribution in [0.5, 0.6) is 0 Å². The molecule has 1 heterocycles. The highest BCUT2D eigenvalue weighted by Gasteiger charge is 2.42. The first-order valence-electron chi connectivity index (χ1n) is 7.39. The molecule has 2 rings (SSSR count). The van der Waals surface area contributed by atoms with Crippen LogP contribution in [0.2, 0.25) is 0 Å². The van der Waals surface area contributed by atoms with Gasteiger partial charge >= 0.3 is 0 Å². The van der Waals surface area contributed by atoms with Crippen LogP contribution in [0.4, 0.5) is 0 Å². The highest BCUT2D eigenvalue weighted by atomic mass is 16.2. The largest absolute Gasteiger partial charge is 0.296 e. The summed E-state index contributed by atoms with van der Waals surface area (Å²) in [5, 5.41) is 2.51. The van der Waals surface area contributed by atoms with Crippen molar-refractivity contribution in [2.24, 2.45) is 29.6 Å². The van der Waals surface area contributed by atoms with Crippen molar-refractivity contribution in [1.82, 2.24) is 5.32 Å². The maximum Gasteiger partial charge on any atom is 0.230 e. The molecule has 0 saturated carbocycles. The molecule has 1 N–H and O–H groups in total. The first-order chi connectivity index (χ1) is 8.88. The highest BCUT2D eigenvalue weighted by molar-refractivity contribution is 5.99. The summed E-state index contributed by atoms with van der Waals surface area (Å²) in [6.07, 6.45) is 4.98. The third-order valence-electron chi connectivity index (χ3n) is 4.60. The molecule has 4 unspecified atom stereocenters. The number of carbonyl (C=O) groups is 2. The summed E-state index contributed by atoms with van der Waals surface area (Å²) in [5.74, 6) is 1.38. The van der Waals surface area contributed by atoms with E-state index in [1.165, 1.54) is 5.57 Å². The third-order valence-corrected chi connectivity index (χ3v) is 4.60. The van der Waals surface area contributed by atoms with Gasteiger partial charge in [-0.2, -0.15) is 0 Å². The Labute approximate surface area is 115 Å². The fourth-order valence-corrected chi connectivity index (χ4v) is 3.99. The van der Waals surface area contributed by atoms with Gasteiger partial charge in [-0.1, -0.05) is 32.4 Å². The minimum atomic E-state index is -0.0910. The van der Waals surface area contributed by atoms with Gasteiger partial charge in [0.25, 0.3) is 0 Å². The summed E-state index contributed by atoms with van der Waals surface area (Å²) in [5.41, 5.74) is 1.41. The zero-order valence-electron chi connectivity index (χ0n) is 12.4. The molecule has 1 fully saturated rings. The van der Waals surface area contributed by atoms with Crippen LogP contribution in [-0.4, -0.2) is 11.8 Å². The molecule has 1 aliphatic heterocycles. The van der Waals surface area contributed by atoms with E-state index in [0.29, 0.717) is 24.2 Å². The normalized spacial score (nSPS) is 36.2. The molecule has 0 spiro atoms. The number of nitrogens with one attached hydrogen (secondary N) is 1. The average molecular weight is 263 g/mol. The molecule has 3 nitrogen and oxygen atoms in total. The van der Waals surface area contributed by atoms with E-state index in [4.69, 9.17) is 0 Å². The van der Waals surface area contributed by atoms with Gasteiger partial charge < -0.3 is 0 Å². The Morgan fingerprint density at radius 3 is 2.53 bits per heavy atom. The van der Waals surface area contributed by atoms with Crippen molar-refractivity contribution in [3.63, 3.8) is 0 Å². The Morgan fingerprint density at radius 1 is 1.26 bits per heavy atom. The lowest BCUT2D eigenvalue weighted by Crippen LogP contribution is -2.50. The van der Waals surface area contributed by atoms with Gasteiger partial charge in [0.1, 0.15) is 0 Å². The molecule has 2 amide bonds. The van der Waals surface area contributed by atoms with Crippen molar-refractivity contribution in [1.29, 1.82) is 0 Å². The van der Waals surface area contributed by atoms with Crippen LogP contribution in [0.1, 0.15) is 47.0 Å². The van der Waals surface area contributed by atoms with E-state index >= 15 is 0 Å². The molecule has 0 radical (unpaired) electrons. The predicted molar refractivity (Wildman–Crippen MR) is 75.2 cm³/mol. The lowest BCUT2D eigenvalue weighted by molar-refractivity contribution is -0.142. The van der Waals surface area contributed by atoms with Crippen LogP contribution in [-0.2, 0) is 9.59 Å². The molecule has 106 valence electrons. The monoisotopic (exact) mass is 263 g/mol. The average Bonchev–Trinajstić information content (AvgIpc) is 2.25. The van der Waals surface area contributed by atoms with Crippen molar-refractivity contribution in [2.45, 2.75) is 47.0 Å². The smallest absolute Gasteiger partial charge is 0.230 e. The number of rotatable bonds is 2. The molecule has 19 heavy (non-hydrogen) atoms. The fourth-order valence-electron chi connectivity index (χ4n) is 3.99. The van der Waals surface area contributed by atoms with E-state index in [9.17, 15) is 9.59 Å². The summed E-state index contributed by atoms with van der Waals surface area (Å²) in [6, 6.07) is 0. The van der Waals surface area contributed by atoms with Crippen molar-refractivity contribution in [3.05, 3.63) is 11.6 Å². The van der Waals surface area contributed by atoms with E-state index in [1.807, 2.05) is 0 Å². The van der Waals surface area contributed by atoms with Crippen molar-refractivity contribution < 1.29 is 9.59 Å². The number of hydrogen-bond donors (Lipinski definition) is 1. The van der Waals surface area contributed by atoms with Gasteiger partial charge in [-0.15, -0.1) is 0 Å². The quantitative estimate of drug-likeness (QED) is 0.615. The Hall–Kier alpha value is -1.12. The summed E-state index contributed by atoms with van der Waals surface area (Å²) in [4.78, 5) is 23.8. The first-order valence-corrected chi connectivity index (χ1v) is 7.39. The van der Waals surface area contributed by atoms with Crippen LogP contribution in [0, 0.1) is 29.6 Å². The van der Waals surface area contributed by atoms with E-state index in [1.54, 1.807) is 0 Å². The van der Waals surface area contributed by atoms with Crippen LogP contribution in [0.3, 0.4) is 0 Å². The van der Waals surface area contributed by atoms with Gasteiger partial charge in [-0.3, -0.25) is 14.9 Å². The summed E-state index contributed by atoms with van der Waals surface area (Å²) in [7, 11) is 0. The standard InChI is InChI=1S/C16H25NO2/c1-9(2)15-13(8-14(18)17-16(15)19)12-6-10(3)5-11(4)7-12/h5,9-10,12-13,15H,6-8H2,1-4H3,(H,17,18,19). The van der Waals surface area contributed by atoms with Gasteiger partial charge in [0.15, 0.2) is 0 Å². The highest BCUT2D eigenvalue weighted by Crippen LogP contribution is 2.41. The second kappa shape index (κ2) is 5.48. The molecule has 1 saturated heterocycles. The van der Waals surface area contributed by atoms with E-state index in [2.05, 4.69) is 39.1 Å². The number of hydrogen-bond acceptors (Lipinski definition) is 2. The summed E-state index contributed by atoms with van der Waals surface area (Å²) >= 11 is 0. The molecule has 4 atom stereocenters. The zero-order valence-corrected chi connectivity index (χ0v) is 12.4. The van der Waals surface area contributed by atoms with Gasteiger partial charge in [0.05, 0.1) is 0 Å². The van der Waals surface area contributed by atoms with E-state index in [-0.39, 0.29) is 23.7 Å². The van der Waals surface area contributed by atoms with Gasteiger partial charge in [-0.05, 0) is 43.4 Å². The van der Waals surface area contributed by atoms with Gasteiger partial charge in [-0.25, -0.2) is 0 Å². The SMILES string of the molecule is CC1=CC(C)CC(C2CC(=O)NC(=O)C2C(C)C)C1. The molecular formula is C16H25NO2. The second-order valence-corrected chi connectivity index (χ2v) is 6.74.